The van der Waals surface area contributed by atoms with Gasteiger partial charge in [0.15, 0.2) is 0 Å². The minimum atomic E-state index is -0.395. The molecule has 2 rings (SSSR count). The molecule has 0 aromatic heterocycles. The van der Waals surface area contributed by atoms with E-state index < -0.39 is 5.91 Å². The van der Waals surface area contributed by atoms with Crippen molar-refractivity contribution in [1.82, 2.24) is 0 Å². The molecule has 2 amide bonds. The number of halogens is 1. The van der Waals surface area contributed by atoms with Crippen LogP contribution < -0.4 is 10.6 Å². The van der Waals surface area contributed by atoms with Crippen LogP contribution in [0, 0.1) is 13.8 Å². The van der Waals surface area contributed by atoms with Gasteiger partial charge in [0, 0.05) is 5.69 Å². The maximum atomic E-state index is 12.2. The second-order valence-corrected chi connectivity index (χ2v) is 6.86. The quantitative estimate of drug-likeness (QED) is 0.735. The van der Waals surface area contributed by atoms with Crippen LogP contribution in [0.3, 0.4) is 0 Å². The van der Waals surface area contributed by atoms with Crippen molar-refractivity contribution in [2.75, 3.05) is 10.6 Å². The van der Waals surface area contributed by atoms with Crippen LogP contribution in [-0.2, 0) is 9.59 Å². The van der Waals surface area contributed by atoms with E-state index in [2.05, 4.69) is 24.5 Å². The Labute approximate surface area is 153 Å². The van der Waals surface area contributed by atoms with Crippen LogP contribution in [-0.4, -0.2) is 11.8 Å². The van der Waals surface area contributed by atoms with Crippen molar-refractivity contribution < 1.29 is 9.59 Å². The first-order valence-corrected chi connectivity index (χ1v) is 8.61. The number of rotatable bonds is 5. The van der Waals surface area contributed by atoms with Gasteiger partial charge in [0.25, 0.3) is 0 Å². The van der Waals surface area contributed by atoms with Crippen molar-refractivity contribution in [3.63, 3.8) is 0 Å². The highest BCUT2D eigenvalue weighted by molar-refractivity contribution is 6.34. The molecule has 0 atom stereocenters. The van der Waals surface area contributed by atoms with Gasteiger partial charge < -0.3 is 10.6 Å². The van der Waals surface area contributed by atoms with Gasteiger partial charge in [-0.2, -0.15) is 0 Å². The lowest BCUT2D eigenvalue weighted by molar-refractivity contribution is -0.123. The molecule has 0 bridgehead atoms. The first kappa shape index (κ1) is 19.0. The number of para-hydroxylation sites is 1. The molecule has 0 heterocycles. The molecular weight excluding hydrogens is 336 g/mol. The Morgan fingerprint density at radius 3 is 2.32 bits per heavy atom. The lowest BCUT2D eigenvalue weighted by Crippen LogP contribution is -2.22. The maximum absolute atomic E-state index is 12.2. The molecule has 2 aromatic carbocycles. The summed E-state index contributed by atoms with van der Waals surface area (Å²) >= 11 is 6.19. The molecule has 25 heavy (non-hydrogen) atoms. The zero-order valence-corrected chi connectivity index (χ0v) is 15.7. The summed E-state index contributed by atoms with van der Waals surface area (Å²) in [5.74, 6) is -0.473. The summed E-state index contributed by atoms with van der Waals surface area (Å²) in [6.45, 7) is 7.91. The van der Waals surface area contributed by atoms with Gasteiger partial charge in [-0.15, -0.1) is 0 Å². The van der Waals surface area contributed by atoms with Crippen molar-refractivity contribution in [1.29, 1.82) is 0 Å². The summed E-state index contributed by atoms with van der Waals surface area (Å²) in [7, 11) is 0. The first-order valence-electron chi connectivity index (χ1n) is 8.23. The van der Waals surface area contributed by atoms with Crippen molar-refractivity contribution >= 4 is 34.8 Å². The van der Waals surface area contributed by atoms with Gasteiger partial charge in [0.1, 0.15) is 6.42 Å². The number of aryl methyl sites for hydroxylation is 2. The normalized spacial score (nSPS) is 10.6. The van der Waals surface area contributed by atoms with Crippen LogP contribution in [0.4, 0.5) is 11.4 Å². The van der Waals surface area contributed by atoms with E-state index in [4.69, 9.17) is 11.6 Å². The fourth-order valence-electron chi connectivity index (χ4n) is 2.71. The van der Waals surface area contributed by atoms with Crippen LogP contribution in [0.1, 0.15) is 42.9 Å². The number of benzene rings is 2. The third-order valence-electron chi connectivity index (χ3n) is 3.87. The van der Waals surface area contributed by atoms with Crippen molar-refractivity contribution in [2.24, 2.45) is 0 Å². The van der Waals surface area contributed by atoms with E-state index in [0.717, 1.165) is 22.4 Å². The molecule has 0 aliphatic rings. The van der Waals surface area contributed by atoms with Crippen LogP contribution in [0.5, 0.6) is 0 Å². The van der Waals surface area contributed by atoms with E-state index in [1.54, 1.807) is 6.07 Å². The number of amides is 2. The second kappa shape index (κ2) is 8.17. The Hall–Kier alpha value is -2.33. The summed E-state index contributed by atoms with van der Waals surface area (Å²) < 4.78 is 0. The molecule has 4 nitrogen and oxygen atoms in total. The molecule has 0 spiro atoms. The van der Waals surface area contributed by atoms with Crippen LogP contribution in [0.2, 0.25) is 5.02 Å². The summed E-state index contributed by atoms with van der Waals surface area (Å²) in [5.41, 5.74) is 4.20. The number of carbonyl (C=O) groups is 2. The average Bonchev–Trinajstić information content (AvgIpc) is 2.51. The summed E-state index contributed by atoms with van der Waals surface area (Å²) in [6.07, 6.45) is -0.268. The third kappa shape index (κ3) is 5.07. The monoisotopic (exact) mass is 358 g/mol. The van der Waals surface area contributed by atoms with Crippen LogP contribution in [0.25, 0.3) is 0 Å². The molecule has 5 heteroatoms. The molecule has 132 valence electrons. The molecule has 0 radical (unpaired) electrons. The van der Waals surface area contributed by atoms with Crippen molar-refractivity contribution in [3.8, 4) is 0 Å². The summed E-state index contributed by atoms with van der Waals surface area (Å²) in [6, 6.07) is 11.3. The molecule has 0 saturated heterocycles. The van der Waals surface area contributed by atoms with E-state index in [0.29, 0.717) is 10.7 Å². The van der Waals surface area contributed by atoms with Crippen LogP contribution >= 0.6 is 11.6 Å². The van der Waals surface area contributed by atoms with Gasteiger partial charge in [-0.25, -0.2) is 0 Å². The summed E-state index contributed by atoms with van der Waals surface area (Å²) in [4.78, 5) is 24.4. The SMILES string of the molecule is Cc1cc(C)c(NC(=O)CC(=O)Nc2ccccc2C(C)C)c(Cl)c1. The largest absolute Gasteiger partial charge is 0.325 e. The van der Waals surface area contributed by atoms with Gasteiger partial charge in [0.05, 0.1) is 10.7 Å². The number of anilines is 2. The number of hydrogen-bond donors (Lipinski definition) is 2. The highest BCUT2D eigenvalue weighted by Crippen LogP contribution is 2.27. The number of hydrogen-bond acceptors (Lipinski definition) is 2. The first-order chi connectivity index (χ1) is 11.8. The topological polar surface area (TPSA) is 58.2 Å². The summed E-state index contributed by atoms with van der Waals surface area (Å²) in [5, 5.41) is 6.01. The Bertz CT molecular complexity index is 777. The predicted octanol–water partition coefficient (Wildman–Crippen LogP) is 5.05. The number of nitrogens with one attached hydrogen (secondary N) is 2. The van der Waals surface area contributed by atoms with Gasteiger partial charge in [-0.05, 0) is 48.6 Å². The van der Waals surface area contributed by atoms with E-state index >= 15 is 0 Å². The molecule has 0 unspecified atom stereocenters. The van der Waals surface area contributed by atoms with E-state index in [-0.39, 0.29) is 18.2 Å². The molecule has 0 fully saturated rings. The zero-order chi connectivity index (χ0) is 18.6. The number of carbonyl (C=O) groups excluding carboxylic acids is 2. The molecule has 2 aromatic rings. The van der Waals surface area contributed by atoms with Gasteiger partial charge >= 0.3 is 0 Å². The van der Waals surface area contributed by atoms with E-state index in [9.17, 15) is 9.59 Å². The highest BCUT2D eigenvalue weighted by Gasteiger charge is 2.15. The van der Waals surface area contributed by atoms with E-state index in [1.807, 2.05) is 44.2 Å². The smallest absolute Gasteiger partial charge is 0.233 e. The molecule has 0 saturated carbocycles. The molecule has 0 aliphatic carbocycles. The fraction of sp³-hybridized carbons (Fsp3) is 0.300. The predicted molar refractivity (Wildman–Crippen MR) is 103 cm³/mol. The lowest BCUT2D eigenvalue weighted by atomic mass is 10.0. The van der Waals surface area contributed by atoms with Crippen molar-refractivity contribution in [2.45, 2.75) is 40.0 Å². The van der Waals surface area contributed by atoms with E-state index in [1.165, 1.54) is 0 Å². The maximum Gasteiger partial charge on any atom is 0.233 e. The second-order valence-electron chi connectivity index (χ2n) is 6.45. The van der Waals surface area contributed by atoms with Crippen LogP contribution in [0.15, 0.2) is 36.4 Å². The average molecular weight is 359 g/mol. The minimum absolute atomic E-state index is 0.268. The molecular formula is C20H23ClN2O2. The Morgan fingerprint density at radius 1 is 1.04 bits per heavy atom. The lowest BCUT2D eigenvalue weighted by Gasteiger charge is -2.14. The minimum Gasteiger partial charge on any atom is -0.325 e. The highest BCUT2D eigenvalue weighted by atomic mass is 35.5. The zero-order valence-electron chi connectivity index (χ0n) is 14.9. The molecule has 0 aliphatic heterocycles. The molecule has 2 N–H and O–H groups in total. The van der Waals surface area contributed by atoms with Gasteiger partial charge in [0.2, 0.25) is 11.8 Å². The Kier molecular flexibility index (Phi) is 6.21. The Morgan fingerprint density at radius 2 is 1.68 bits per heavy atom. The standard InChI is InChI=1S/C20H23ClN2O2/c1-12(2)15-7-5-6-8-17(15)22-18(24)11-19(25)23-20-14(4)9-13(3)10-16(20)21/h5-10,12H,11H2,1-4H3,(H,22,24)(H,23,25). The van der Waals surface area contributed by atoms with Gasteiger partial charge in [-0.3, -0.25) is 9.59 Å². The Balaban J connectivity index is 2.03. The van der Waals surface area contributed by atoms with Crippen molar-refractivity contribution in [3.05, 3.63) is 58.1 Å². The van der Waals surface area contributed by atoms with Gasteiger partial charge in [-0.1, -0.05) is 49.7 Å². The fourth-order valence-corrected chi connectivity index (χ4v) is 3.08. The third-order valence-corrected chi connectivity index (χ3v) is 4.17.